The fourth-order valence-corrected chi connectivity index (χ4v) is 2.15. The molecule has 7 nitrogen and oxygen atoms in total. The smallest absolute Gasteiger partial charge is 0.407 e. The van der Waals surface area contributed by atoms with Gasteiger partial charge in [0.15, 0.2) is 11.6 Å². The lowest BCUT2D eigenvalue weighted by atomic mass is 10.1. The lowest BCUT2D eigenvalue weighted by molar-refractivity contribution is -0.136. The Morgan fingerprint density at radius 2 is 1.71 bits per heavy atom. The van der Waals surface area contributed by atoms with Gasteiger partial charge in [-0.05, 0) is 53.2 Å². The van der Waals surface area contributed by atoms with Crippen molar-refractivity contribution in [2.45, 2.75) is 65.2 Å². The van der Waals surface area contributed by atoms with Gasteiger partial charge in [0, 0.05) is 13.5 Å². The van der Waals surface area contributed by atoms with Gasteiger partial charge in [-0.15, -0.1) is 0 Å². The van der Waals surface area contributed by atoms with Crippen LogP contribution in [0.3, 0.4) is 0 Å². The Hall–Kier alpha value is -2.33. The number of hydrogen-bond donors (Lipinski definition) is 1. The third kappa shape index (κ3) is 8.37. The first kappa shape index (κ1) is 26.7. The van der Waals surface area contributed by atoms with E-state index in [0.29, 0.717) is 19.1 Å². The zero-order valence-corrected chi connectivity index (χ0v) is 18.9. The fourth-order valence-electron chi connectivity index (χ4n) is 2.15. The molecule has 176 valence electrons. The largest absolute Gasteiger partial charge is 0.449 e. The first-order chi connectivity index (χ1) is 14.2. The van der Waals surface area contributed by atoms with E-state index in [-0.39, 0.29) is 12.2 Å². The Balaban J connectivity index is 2.53. The number of aryl methyl sites for hydroxylation is 1. The first-order valence-electron chi connectivity index (χ1n) is 9.67. The Morgan fingerprint density at radius 1 is 1.10 bits per heavy atom. The molecule has 10 heteroatoms. The molecular formula is C21H30F3NO6. The van der Waals surface area contributed by atoms with Gasteiger partial charge in [0.05, 0.1) is 24.4 Å². The first-order valence-corrected chi connectivity index (χ1v) is 9.67. The monoisotopic (exact) mass is 449 g/mol. The van der Waals surface area contributed by atoms with Crippen molar-refractivity contribution in [3.8, 4) is 5.75 Å². The molecule has 0 radical (unpaired) electrons. The van der Waals surface area contributed by atoms with E-state index in [1.165, 1.54) is 13.8 Å². The highest BCUT2D eigenvalue weighted by Crippen LogP contribution is 2.27. The molecule has 0 aliphatic carbocycles. The van der Waals surface area contributed by atoms with Crippen molar-refractivity contribution in [2.75, 3.05) is 20.3 Å². The molecule has 1 aromatic rings. The van der Waals surface area contributed by atoms with Gasteiger partial charge in [-0.2, -0.15) is 4.39 Å². The third-order valence-corrected chi connectivity index (χ3v) is 4.49. The van der Waals surface area contributed by atoms with Crippen molar-refractivity contribution in [1.82, 2.24) is 5.32 Å². The maximum atomic E-state index is 14.0. The van der Waals surface area contributed by atoms with Gasteiger partial charge >= 0.3 is 12.1 Å². The Kier molecular flexibility index (Phi) is 9.31. The van der Waals surface area contributed by atoms with Crippen LogP contribution >= 0.6 is 0 Å². The van der Waals surface area contributed by atoms with E-state index in [4.69, 9.17) is 14.2 Å². The highest BCUT2D eigenvalue weighted by molar-refractivity contribution is 5.82. The van der Waals surface area contributed by atoms with Gasteiger partial charge in [-0.1, -0.05) is 0 Å². The molecule has 1 amide bonds. The van der Waals surface area contributed by atoms with E-state index < -0.39 is 52.5 Å². The number of amides is 1. The van der Waals surface area contributed by atoms with Crippen LogP contribution in [0.4, 0.5) is 18.0 Å². The molecule has 1 rings (SSSR count). The summed E-state index contributed by atoms with van der Waals surface area (Å²) in [4.78, 5) is 23.9. The molecule has 0 spiro atoms. The molecule has 0 saturated heterocycles. The second kappa shape index (κ2) is 10.8. The number of carbonyl (C=O) groups excluding carboxylic acids is 2. The number of esters is 1. The standard InChI is InChI=1S/C21H30F3NO6/c1-12-10-14(22)16(24)17(15(12)23)31-18(26)13(2)25-19(27)29-9-8-20(3,4)30-11-21(5,6)28-7/h10,13H,8-9,11H2,1-7H3,(H,25,27). The van der Waals surface area contributed by atoms with Crippen LogP contribution < -0.4 is 10.1 Å². The number of hydrogen-bond acceptors (Lipinski definition) is 6. The molecule has 1 aromatic carbocycles. The minimum atomic E-state index is -1.63. The molecule has 0 aliphatic heterocycles. The van der Waals surface area contributed by atoms with Crippen LogP contribution in [0, 0.1) is 24.4 Å². The summed E-state index contributed by atoms with van der Waals surface area (Å²) >= 11 is 0. The van der Waals surface area contributed by atoms with Crippen LogP contribution in [0.15, 0.2) is 6.07 Å². The van der Waals surface area contributed by atoms with Crippen LogP contribution in [-0.2, 0) is 19.0 Å². The average Bonchev–Trinajstić information content (AvgIpc) is 2.68. The normalized spacial score (nSPS) is 13.0. The predicted molar refractivity (Wildman–Crippen MR) is 106 cm³/mol. The molecule has 0 aliphatic rings. The van der Waals surface area contributed by atoms with Crippen molar-refractivity contribution in [3.63, 3.8) is 0 Å². The molecule has 1 unspecified atom stereocenters. The van der Waals surface area contributed by atoms with E-state index in [0.717, 1.165) is 0 Å². The Bertz CT molecular complexity index is 772. The van der Waals surface area contributed by atoms with E-state index in [1.807, 2.05) is 27.7 Å². The van der Waals surface area contributed by atoms with Crippen molar-refractivity contribution >= 4 is 12.1 Å². The number of carbonyl (C=O) groups is 2. The van der Waals surface area contributed by atoms with Crippen molar-refractivity contribution in [2.24, 2.45) is 0 Å². The predicted octanol–water partition coefficient (Wildman–Crippen LogP) is 4.04. The molecule has 0 fully saturated rings. The van der Waals surface area contributed by atoms with Gasteiger partial charge in [0.2, 0.25) is 11.6 Å². The maximum absolute atomic E-state index is 14.0. The SMILES string of the molecule is COC(C)(C)COC(C)(C)CCOC(=O)NC(C)C(=O)Oc1c(F)c(C)cc(F)c1F. The average molecular weight is 449 g/mol. The molecular weight excluding hydrogens is 419 g/mol. The second-order valence-electron chi connectivity index (χ2n) is 8.32. The number of rotatable bonds is 10. The Labute approximate surface area is 180 Å². The van der Waals surface area contributed by atoms with Gasteiger partial charge < -0.3 is 24.3 Å². The van der Waals surface area contributed by atoms with Crippen LogP contribution in [0.1, 0.15) is 46.6 Å². The van der Waals surface area contributed by atoms with Crippen LogP contribution in [0.25, 0.3) is 0 Å². The zero-order valence-electron chi connectivity index (χ0n) is 18.9. The van der Waals surface area contributed by atoms with Crippen LogP contribution in [0.2, 0.25) is 0 Å². The summed E-state index contributed by atoms with van der Waals surface area (Å²) in [5.74, 6) is -6.56. The summed E-state index contributed by atoms with van der Waals surface area (Å²) in [7, 11) is 1.58. The fraction of sp³-hybridized carbons (Fsp3) is 0.619. The lowest BCUT2D eigenvalue weighted by Crippen LogP contribution is -2.42. The molecule has 1 N–H and O–H groups in total. The maximum Gasteiger partial charge on any atom is 0.407 e. The lowest BCUT2D eigenvalue weighted by Gasteiger charge is -2.31. The highest BCUT2D eigenvalue weighted by Gasteiger charge is 2.27. The van der Waals surface area contributed by atoms with E-state index >= 15 is 0 Å². The molecule has 0 bridgehead atoms. The minimum absolute atomic E-state index is 0.0135. The molecule has 0 aromatic heterocycles. The zero-order chi connectivity index (χ0) is 24.0. The van der Waals surface area contributed by atoms with Gasteiger partial charge in [-0.3, -0.25) is 0 Å². The number of alkyl carbamates (subject to hydrolysis) is 1. The quantitative estimate of drug-likeness (QED) is 0.330. The summed E-state index contributed by atoms with van der Waals surface area (Å²) in [6.07, 6.45) is -0.577. The summed E-state index contributed by atoms with van der Waals surface area (Å²) in [6.45, 7) is 10.1. The topological polar surface area (TPSA) is 83.1 Å². The molecule has 0 saturated carbocycles. The molecule has 31 heavy (non-hydrogen) atoms. The third-order valence-electron chi connectivity index (χ3n) is 4.49. The van der Waals surface area contributed by atoms with Crippen LogP contribution in [0.5, 0.6) is 5.75 Å². The summed E-state index contributed by atoms with van der Waals surface area (Å²) in [5.41, 5.74) is -1.31. The summed E-state index contributed by atoms with van der Waals surface area (Å²) in [5, 5.41) is 2.18. The number of benzene rings is 1. The van der Waals surface area contributed by atoms with Crippen molar-refractivity contribution in [1.29, 1.82) is 0 Å². The van der Waals surface area contributed by atoms with Gasteiger partial charge in [0.1, 0.15) is 6.04 Å². The van der Waals surface area contributed by atoms with E-state index in [1.54, 1.807) is 7.11 Å². The summed E-state index contributed by atoms with van der Waals surface area (Å²) < 4.78 is 61.8. The number of halogens is 3. The highest BCUT2D eigenvalue weighted by atomic mass is 19.2. The van der Waals surface area contributed by atoms with E-state index in [9.17, 15) is 22.8 Å². The van der Waals surface area contributed by atoms with E-state index in [2.05, 4.69) is 10.1 Å². The minimum Gasteiger partial charge on any atom is -0.449 e. The Morgan fingerprint density at radius 3 is 2.29 bits per heavy atom. The van der Waals surface area contributed by atoms with Crippen LogP contribution in [-0.4, -0.2) is 49.6 Å². The van der Waals surface area contributed by atoms with Crippen molar-refractivity contribution in [3.05, 3.63) is 29.1 Å². The molecule has 1 atom stereocenters. The van der Waals surface area contributed by atoms with Gasteiger partial charge in [0.25, 0.3) is 0 Å². The molecule has 0 heterocycles. The summed E-state index contributed by atoms with van der Waals surface area (Å²) in [6, 6.07) is -0.663. The number of nitrogens with one attached hydrogen (secondary N) is 1. The number of methoxy groups -OCH3 is 1. The second-order valence-corrected chi connectivity index (χ2v) is 8.32. The van der Waals surface area contributed by atoms with Gasteiger partial charge in [-0.25, -0.2) is 18.4 Å². The number of ether oxygens (including phenoxy) is 4. The van der Waals surface area contributed by atoms with Crippen molar-refractivity contribution < 1.29 is 41.7 Å².